The van der Waals surface area contributed by atoms with Crippen LogP contribution in [0.15, 0.2) is 24.3 Å². The highest BCUT2D eigenvalue weighted by molar-refractivity contribution is 5.22. The minimum atomic E-state index is -0.143. The summed E-state index contributed by atoms with van der Waals surface area (Å²) in [4.78, 5) is 0. The Kier molecular flexibility index (Phi) is 5.83. The highest BCUT2D eigenvalue weighted by atomic mass is 16.5. The van der Waals surface area contributed by atoms with Gasteiger partial charge in [-0.1, -0.05) is 36.8 Å². The van der Waals surface area contributed by atoms with Crippen LogP contribution in [0.5, 0.6) is 0 Å². The normalized spacial score (nSPS) is 13.6. The molecular weight excluding hydrogens is 222 g/mol. The molecule has 1 aromatic rings. The second-order valence-corrected chi connectivity index (χ2v) is 5.34. The quantitative estimate of drug-likeness (QED) is 0.800. The predicted molar refractivity (Wildman–Crippen MR) is 78.1 cm³/mol. The van der Waals surface area contributed by atoms with Crippen molar-refractivity contribution in [1.82, 2.24) is 5.32 Å². The Morgan fingerprint density at radius 2 is 1.78 bits per heavy atom. The molecule has 18 heavy (non-hydrogen) atoms. The fraction of sp³-hybridized carbons (Fsp3) is 0.625. The van der Waals surface area contributed by atoms with E-state index in [1.54, 1.807) is 0 Å². The molecule has 0 aliphatic rings. The Labute approximate surface area is 112 Å². The van der Waals surface area contributed by atoms with Gasteiger partial charge in [0.1, 0.15) is 0 Å². The minimum Gasteiger partial charge on any atom is -0.374 e. The molecule has 2 heteroatoms. The molecule has 0 fully saturated rings. The van der Waals surface area contributed by atoms with Gasteiger partial charge in [-0.3, -0.25) is 0 Å². The van der Waals surface area contributed by atoms with Crippen molar-refractivity contribution in [3.05, 3.63) is 35.4 Å². The maximum absolute atomic E-state index is 5.88. The second-order valence-electron chi connectivity index (χ2n) is 5.34. The highest BCUT2D eigenvalue weighted by Crippen LogP contribution is 2.19. The van der Waals surface area contributed by atoms with Gasteiger partial charge < -0.3 is 10.1 Å². The Morgan fingerprint density at radius 1 is 1.17 bits per heavy atom. The van der Waals surface area contributed by atoms with Crippen molar-refractivity contribution in [2.75, 3.05) is 13.2 Å². The van der Waals surface area contributed by atoms with Crippen molar-refractivity contribution in [2.24, 2.45) is 0 Å². The van der Waals surface area contributed by atoms with Crippen LogP contribution in [0.25, 0.3) is 0 Å². The van der Waals surface area contributed by atoms with E-state index < -0.39 is 0 Å². The molecule has 1 rings (SSSR count). The van der Waals surface area contributed by atoms with Gasteiger partial charge in [0.15, 0.2) is 0 Å². The molecule has 1 unspecified atom stereocenters. The molecular formula is C16H27NO. The number of nitrogens with one attached hydrogen (secondary N) is 1. The molecule has 2 nitrogen and oxygen atoms in total. The average molecular weight is 249 g/mol. The summed E-state index contributed by atoms with van der Waals surface area (Å²) < 4.78 is 5.88. The summed E-state index contributed by atoms with van der Waals surface area (Å²) in [6, 6.07) is 9.10. The van der Waals surface area contributed by atoms with Crippen LogP contribution in [0.4, 0.5) is 0 Å². The lowest BCUT2D eigenvalue weighted by Gasteiger charge is -2.35. The summed E-state index contributed by atoms with van der Waals surface area (Å²) in [7, 11) is 0. The van der Waals surface area contributed by atoms with E-state index in [4.69, 9.17) is 4.74 Å². The molecule has 0 saturated heterocycles. The number of hydrogen-bond acceptors (Lipinski definition) is 2. The van der Waals surface area contributed by atoms with Crippen LogP contribution in [-0.4, -0.2) is 24.8 Å². The van der Waals surface area contributed by atoms with Crippen LogP contribution in [-0.2, 0) is 11.2 Å². The molecule has 0 spiro atoms. The third kappa shape index (κ3) is 4.43. The summed E-state index contributed by atoms with van der Waals surface area (Å²) in [6.45, 7) is 12.4. The van der Waals surface area contributed by atoms with Crippen LogP contribution in [0.2, 0.25) is 0 Å². The van der Waals surface area contributed by atoms with Crippen molar-refractivity contribution in [2.45, 2.75) is 52.7 Å². The van der Waals surface area contributed by atoms with Gasteiger partial charge >= 0.3 is 0 Å². The molecule has 0 aromatic heterocycles. The predicted octanol–water partition coefficient (Wildman–Crippen LogP) is 3.33. The molecule has 1 aromatic carbocycles. The van der Waals surface area contributed by atoms with Crippen molar-refractivity contribution in [1.29, 1.82) is 0 Å². The average Bonchev–Trinajstić information content (AvgIpc) is 2.31. The molecule has 1 atom stereocenters. The minimum absolute atomic E-state index is 0.143. The van der Waals surface area contributed by atoms with Gasteiger partial charge in [-0.2, -0.15) is 0 Å². The topological polar surface area (TPSA) is 21.3 Å². The van der Waals surface area contributed by atoms with E-state index in [1.807, 2.05) is 0 Å². The zero-order valence-electron chi connectivity index (χ0n) is 12.4. The lowest BCUT2D eigenvalue weighted by molar-refractivity contribution is -0.0376. The maximum atomic E-state index is 5.88. The lowest BCUT2D eigenvalue weighted by Crippen LogP contribution is -2.50. The van der Waals surface area contributed by atoms with E-state index in [-0.39, 0.29) is 5.60 Å². The summed E-state index contributed by atoms with van der Waals surface area (Å²) >= 11 is 0. The summed E-state index contributed by atoms with van der Waals surface area (Å²) in [6.07, 6.45) is 1.00. The summed E-state index contributed by atoms with van der Waals surface area (Å²) in [5, 5.41) is 3.55. The van der Waals surface area contributed by atoms with Gasteiger partial charge in [0.2, 0.25) is 0 Å². The Bertz CT molecular complexity index is 343. The smallest absolute Gasteiger partial charge is 0.0781 e. The Morgan fingerprint density at radius 3 is 2.28 bits per heavy atom. The van der Waals surface area contributed by atoms with Crippen LogP contribution in [0.1, 0.15) is 38.8 Å². The fourth-order valence-corrected chi connectivity index (χ4v) is 2.24. The van der Waals surface area contributed by atoms with Crippen molar-refractivity contribution >= 4 is 0 Å². The van der Waals surface area contributed by atoms with Crippen LogP contribution >= 0.6 is 0 Å². The molecule has 0 aliphatic carbocycles. The number of likely N-dealkylation sites (N-methyl/N-ethyl adjacent to an activating group) is 1. The largest absolute Gasteiger partial charge is 0.374 e. The van der Waals surface area contributed by atoms with Gasteiger partial charge in [0, 0.05) is 12.6 Å². The fourth-order valence-electron chi connectivity index (χ4n) is 2.24. The summed E-state index contributed by atoms with van der Waals surface area (Å²) in [5.41, 5.74) is 2.53. The number of rotatable bonds is 7. The van der Waals surface area contributed by atoms with Crippen molar-refractivity contribution < 1.29 is 4.74 Å². The number of hydrogen-bond donors (Lipinski definition) is 1. The molecule has 0 aliphatic heterocycles. The zero-order valence-corrected chi connectivity index (χ0v) is 12.4. The van der Waals surface area contributed by atoms with E-state index in [0.717, 1.165) is 19.6 Å². The second kappa shape index (κ2) is 6.91. The first-order valence-electron chi connectivity index (χ1n) is 6.92. The van der Waals surface area contributed by atoms with Crippen molar-refractivity contribution in [3.8, 4) is 0 Å². The van der Waals surface area contributed by atoms with Gasteiger partial charge in [0.25, 0.3) is 0 Å². The number of benzene rings is 1. The molecule has 0 radical (unpaired) electrons. The SMILES string of the molecule is CCNC(Cc1ccc(C)cc1)C(C)(C)OCC. The number of ether oxygens (including phenoxy) is 1. The molecule has 0 saturated carbocycles. The highest BCUT2D eigenvalue weighted by Gasteiger charge is 2.29. The van der Waals surface area contributed by atoms with Crippen LogP contribution < -0.4 is 5.32 Å². The third-order valence-electron chi connectivity index (χ3n) is 3.37. The molecule has 102 valence electrons. The monoisotopic (exact) mass is 249 g/mol. The van der Waals surface area contributed by atoms with Gasteiger partial charge in [0.05, 0.1) is 5.60 Å². The first-order valence-corrected chi connectivity index (χ1v) is 6.92. The van der Waals surface area contributed by atoms with E-state index in [0.29, 0.717) is 6.04 Å². The standard InChI is InChI=1S/C16H27NO/c1-6-17-15(16(4,5)18-7-2)12-14-10-8-13(3)9-11-14/h8-11,15,17H,6-7,12H2,1-5H3. The molecule has 0 amide bonds. The number of aryl methyl sites for hydroxylation is 1. The Balaban J connectivity index is 2.76. The third-order valence-corrected chi connectivity index (χ3v) is 3.37. The zero-order chi connectivity index (χ0) is 13.6. The van der Waals surface area contributed by atoms with Gasteiger partial charge in [-0.05, 0) is 46.2 Å². The molecule has 1 N–H and O–H groups in total. The van der Waals surface area contributed by atoms with E-state index in [2.05, 4.69) is 64.2 Å². The van der Waals surface area contributed by atoms with Gasteiger partial charge in [-0.15, -0.1) is 0 Å². The van der Waals surface area contributed by atoms with Crippen LogP contribution in [0.3, 0.4) is 0 Å². The summed E-state index contributed by atoms with van der Waals surface area (Å²) in [5.74, 6) is 0. The van der Waals surface area contributed by atoms with E-state index >= 15 is 0 Å². The maximum Gasteiger partial charge on any atom is 0.0781 e. The molecule has 0 bridgehead atoms. The van der Waals surface area contributed by atoms with E-state index in [9.17, 15) is 0 Å². The Hall–Kier alpha value is -0.860. The molecule has 0 heterocycles. The first-order chi connectivity index (χ1) is 8.49. The first kappa shape index (κ1) is 15.2. The van der Waals surface area contributed by atoms with Crippen molar-refractivity contribution in [3.63, 3.8) is 0 Å². The lowest BCUT2D eigenvalue weighted by atomic mass is 9.91. The van der Waals surface area contributed by atoms with Crippen LogP contribution in [0, 0.1) is 6.92 Å². The van der Waals surface area contributed by atoms with Gasteiger partial charge in [-0.25, -0.2) is 0 Å². The van der Waals surface area contributed by atoms with E-state index in [1.165, 1.54) is 11.1 Å².